The van der Waals surface area contributed by atoms with Gasteiger partial charge in [-0.25, -0.2) is 5.43 Å². The van der Waals surface area contributed by atoms with Crippen LogP contribution in [0.15, 0.2) is 77.9 Å². The average molecular weight is 489 g/mol. The number of nitrogens with one attached hydrogen (secondary N) is 3. The Bertz CT molecular complexity index is 1240. The lowest BCUT2D eigenvalue weighted by Gasteiger charge is -2.12. The van der Waals surface area contributed by atoms with E-state index in [2.05, 4.69) is 21.2 Å². The van der Waals surface area contributed by atoms with Gasteiger partial charge in [0.2, 0.25) is 0 Å². The van der Waals surface area contributed by atoms with Crippen LogP contribution in [0.3, 0.4) is 0 Å². The van der Waals surface area contributed by atoms with Crippen molar-refractivity contribution in [1.29, 1.82) is 0 Å². The number of anilines is 2. The maximum Gasteiger partial charge on any atom is 0.329 e. The number of ether oxygens (including phenoxy) is 2. The average Bonchev–Trinajstić information content (AvgIpc) is 2.89. The molecule has 0 aliphatic rings. The molecule has 0 atom stereocenters. The van der Waals surface area contributed by atoms with Crippen LogP contribution in [0.4, 0.5) is 11.4 Å². The van der Waals surface area contributed by atoms with E-state index in [1.165, 1.54) is 6.21 Å². The van der Waals surface area contributed by atoms with Gasteiger partial charge in [-0.2, -0.15) is 5.10 Å². The highest BCUT2D eigenvalue weighted by Crippen LogP contribution is 2.23. The lowest BCUT2D eigenvalue weighted by molar-refractivity contribution is -0.136. The fraction of sp³-hybridized carbons (Fsp3) is 0.185. The van der Waals surface area contributed by atoms with Crippen molar-refractivity contribution < 1.29 is 23.9 Å². The van der Waals surface area contributed by atoms with Crippen molar-refractivity contribution >= 4 is 35.3 Å². The summed E-state index contributed by atoms with van der Waals surface area (Å²) in [6.07, 6.45) is 2.12. The Kier molecular flexibility index (Phi) is 9.58. The zero-order valence-corrected chi connectivity index (χ0v) is 20.1. The molecule has 36 heavy (non-hydrogen) atoms. The van der Waals surface area contributed by atoms with Crippen LogP contribution in [-0.4, -0.2) is 37.1 Å². The minimum atomic E-state index is -0.954. The second-order valence-corrected chi connectivity index (χ2v) is 7.47. The first-order chi connectivity index (χ1) is 17.5. The predicted octanol–water partition coefficient (Wildman–Crippen LogP) is 3.75. The lowest BCUT2D eigenvalue weighted by Crippen LogP contribution is -2.32. The molecular weight excluding hydrogens is 460 g/mol. The van der Waals surface area contributed by atoms with Crippen LogP contribution >= 0.6 is 0 Å². The zero-order chi connectivity index (χ0) is 25.8. The largest absolute Gasteiger partial charge is 0.492 e. The van der Waals surface area contributed by atoms with Gasteiger partial charge in [0.1, 0.15) is 11.5 Å². The summed E-state index contributed by atoms with van der Waals surface area (Å²) in [4.78, 5) is 36.8. The normalized spacial score (nSPS) is 10.5. The second-order valence-electron chi connectivity index (χ2n) is 7.47. The molecule has 0 radical (unpaired) electrons. The molecule has 0 fully saturated rings. The van der Waals surface area contributed by atoms with E-state index in [-0.39, 0.29) is 12.5 Å². The topological polar surface area (TPSA) is 118 Å². The van der Waals surface area contributed by atoms with E-state index in [9.17, 15) is 14.4 Å². The SMILES string of the molecule is CCOc1ccccc1NC(=O)C(=O)N/N=C\c1ccccc1OCC(=O)Nc1ccccc1CC. The van der Waals surface area contributed by atoms with Crippen LogP contribution in [-0.2, 0) is 20.8 Å². The third kappa shape index (κ3) is 7.42. The summed E-state index contributed by atoms with van der Waals surface area (Å²) in [5, 5.41) is 9.19. The van der Waals surface area contributed by atoms with Crippen LogP contribution < -0.4 is 25.5 Å². The number of benzene rings is 3. The Labute approximate surface area is 209 Å². The Morgan fingerprint density at radius 3 is 2.19 bits per heavy atom. The summed E-state index contributed by atoms with van der Waals surface area (Å²) in [5.41, 5.74) is 4.85. The third-order valence-electron chi connectivity index (χ3n) is 4.96. The van der Waals surface area contributed by atoms with E-state index in [1.54, 1.807) is 48.5 Å². The molecule has 0 aliphatic carbocycles. The Morgan fingerprint density at radius 2 is 1.44 bits per heavy atom. The van der Waals surface area contributed by atoms with Crippen LogP contribution in [0.2, 0.25) is 0 Å². The molecule has 0 unspecified atom stereocenters. The Hall–Kier alpha value is -4.66. The maximum absolute atomic E-state index is 12.4. The number of aryl methyl sites for hydroxylation is 1. The molecule has 0 spiro atoms. The van der Waals surface area contributed by atoms with Crippen molar-refractivity contribution in [3.63, 3.8) is 0 Å². The molecule has 9 heteroatoms. The molecule has 3 aromatic carbocycles. The zero-order valence-electron chi connectivity index (χ0n) is 20.1. The molecule has 0 aromatic heterocycles. The van der Waals surface area contributed by atoms with E-state index in [4.69, 9.17) is 9.47 Å². The molecule has 3 amide bonds. The van der Waals surface area contributed by atoms with Gasteiger partial charge in [-0.3, -0.25) is 14.4 Å². The summed E-state index contributed by atoms with van der Waals surface area (Å²) >= 11 is 0. The number of hydrogen-bond donors (Lipinski definition) is 3. The van der Waals surface area contributed by atoms with E-state index >= 15 is 0 Å². The molecule has 3 rings (SSSR count). The standard InChI is InChI=1S/C27H28N4O5/c1-3-19-11-5-7-13-21(19)29-25(32)18-36-23-15-9-6-12-20(23)17-28-31-27(34)26(33)30-22-14-8-10-16-24(22)35-4-2/h5-17H,3-4,18H2,1-2H3,(H,29,32)(H,30,33)(H,31,34)/b28-17-. The Morgan fingerprint density at radius 1 is 0.778 bits per heavy atom. The van der Waals surface area contributed by atoms with Gasteiger partial charge in [-0.05, 0) is 49.2 Å². The summed E-state index contributed by atoms with van der Waals surface area (Å²) in [7, 11) is 0. The summed E-state index contributed by atoms with van der Waals surface area (Å²) < 4.78 is 11.1. The van der Waals surface area contributed by atoms with E-state index in [1.807, 2.05) is 38.1 Å². The number of hydrogen-bond acceptors (Lipinski definition) is 6. The summed E-state index contributed by atoms with van der Waals surface area (Å²) in [5.74, 6) is -1.31. The van der Waals surface area contributed by atoms with E-state index in [0.29, 0.717) is 29.4 Å². The van der Waals surface area contributed by atoms with E-state index in [0.717, 1.165) is 17.7 Å². The van der Waals surface area contributed by atoms with Gasteiger partial charge < -0.3 is 20.1 Å². The molecule has 0 saturated heterocycles. The number of hydrazone groups is 1. The van der Waals surface area contributed by atoms with Gasteiger partial charge >= 0.3 is 11.8 Å². The number of carbonyl (C=O) groups is 3. The first-order valence-electron chi connectivity index (χ1n) is 11.5. The van der Waals surface area contributed by atoms with Crippen molar-refractivity contribution in [3.8, 4) is 11.5 Å². The number of amides is 3. The molecule has 9 nitrogen and oxygen atoms in total. The Balaban J connectivity index is 1.55. The van der Waals surface area contributed by atoms with Crippen LogP contribution in [0.5, 0.6) is 11.5 Å². The van der Waals surface area contributed by atoms with Crippen molar-refractivity contribution in [1.82, 2.24) is 5.43 Å². The van der Waals surface area contributed by atoms with Gasteiger partial charge in [-0.1, -0.05) is 49.4 Å². The minimum Gasteiger partial charge on any atom is -0.492 e. The first kappa shape index (κ1) is 26.0. The van der Waals surface area contributed by atoms with Crippen LogP contribution in [0.25, 0.3) is 0 Å². The highest BCUT2D eigenvalue weighted by atomic mass is 16.5. The highest BCUT2D eigenvalue weighted by Gasteiger charge is 2.15. The molecule has 0 bridgehead atoms. The molecule has 186 valence electrons. The number of rotatable bonds is 10. The number of nitrogens with zero attached hydrogens (tertiary/aromatic N) is 1. The van der Waals surface area contributed by atoms with Crippen molar-refractivity contribution in [2.45, 2.75) is 20.3 Å². The van der Waals surface area contributed by atoms with Gasteiger partial charge in [0.15, 0.2) is 6.61 Å². The maximum atomic E-state index is 12.4. The van der Waals surface area contributed by atoms with Gasteiger partial charge in [0, 0.05) is 11.3 Å². The fourth-order valence-corrected chi connectivity index (χ4v) is 3.24. The van der Waals surface area contributed by atoms with Crippen molar-refractivity contribution in [2.75, 3.05) is 23.8 Å². The molecule has 3 aromatic rings. The summed E-state index contributed by atoms with van der Waals surface area (Å²) in [6.45, 7) is 4.04. The molecule has 0 aliphatic heterocycles. The van der Waals surface area contributed by atoms with Crippen LogP contribution in [0.1, 0.15) is 25.0 Å². The monoisotopic (exact) mass is 488 g/mol. The highest BCUT2D eigenvalue weighted by molar-refractivity contribution is 6.39. The van der Waals surface area contributed by atoms with Crippen molar-refractivity contribution in [3.05, 3.63) is 83.9 Å². The second kappa shape index (κ2) is 13.3. The van der Waals surface area contributed by atoms with Gasteiger partial charge in [0.05, 0.1) is 18.5 Å². The van der Waals surface area contributed by atoms with Crippen molar-refractivity contribution in [2.24, 2.45) is 5.10 Å². The van der Waals surface area contributed by atoms with Crippen LogP contribution in [0, 0.1) is 0 Å². The third-order valence-corrected chi connectivity index (χ3v) is 4.96. The van der Waals surface area contributed by atoms with Gasteiger partial charge in [-0.15, -0.1) is 0 Å². The smallest absolute Gasteiger partial charge is 0.329 e. The fourth-order valence-electron chi connectivity index (χ4n) is 3.24. The molecular formula is C27H28N4O5. The quantitative estimate of drug-likeness (QED) is 0.228. The van der Waals surface area contributed by atoms with Gasteiger partial charge in [0.25, 0.3) is 5.91 Å². The predicted molar refractivity (Wildman–Crippen MR) is 138 cm³/mol. The number of carbonyl (C=O) groups excluding carboxylic acids is 3. The number of para-hydroxylation sites is 4. The van der Waals surface area contributed by atoms with E-state index < -0.39 is 11.8 Å². The first-order valence-corrected chi connectivity index (χ1v) is 11.5. The summed E-state index contributed by atoms with van der Waals surface area (Å²) in [6, 6.07) is 21.2. The molecule has 0 saturated carbocycles. The molecule has 0 heterocycles. The lowest BCUT2D eigenvalue weighted by atomic mass is 10.1. The minimum absolute atomic E-state index is 0.211. The molecule has 3 N–H and O–H groups in total.